The predicted molar refractivity (Wildman–Crippen MR) is 69.1 cm³/mol. The molecule has 3 nitrogen and oxygen atoms in total. The van der Waals surface area contributed by atoms with Gasteiger partial charge in [-0.2, -0.15) is 0 Å². The smallest absolute Gasteiger partial charge is 0.227 e. The molecule has 1 aliphatic rings. The molecule has 0 aliphatic carbocycles. The lowest BCUT2D eigenvalue weighted by atomic mass is 10.0. The molecule has 1 aromatic rings. The first-order valence-corrected chi connectivity index (χ1v) is 6.21. The van der Waals surface area contributed by atoms with E-state index in [4.69, 9.17) is 0 Å². The molecule has 92 valence electrons. The summed E-state index contributed by atoms with van der Waals surface area (Å²) < 4.78 is 0. The van der Waals surface area contributed by atoms with Crippen molar-refractivity contribution in [3.63, 3.8) is 0 Å². The molecular formula is C14H20N2O. The lowest BCUT2D eigenvalue weighted by Crippen LogP contribution is -2.47. The van der Waals surface area contributed by atoms with E-state index < -0.39 is 0 Å². The van der Waals surface area contributed by atoms with E-state index in [-0.39, 0.29) is 5.91 Å². The van der Waals surface area contributed by atoms with Gasteiger partial charge in [0.1, 0.15) is 0 Å². The van der Waals surface area contributed by atoms with Crippen LogP contribution in [0.1, 0.15) is 16.7 Å². The Hall–Kier alpha value is -1.35. The number of rotatable bonds is 2. The average molecular weight is 232 g/mol. The Labute approximate surface area is 103 Å². The van der Waals surface area contributed by atoms with Gasteiger partial charge in [0, 0.05) is 26.2 Å². The van der Waals surface area contributed by atoms with Gasteiger partial charge in [0.05, 0.1) is 6.42 Å². The van der Waals surface area contributed by atoms with E-state index in [1.54, 1.807) is 0 Å². The van der Waals surface area contributed by atoms with Crippen molar-refractivity contribution in [3.05, 3.63) is 34.9 Å². The zero-order valence-corrected chi connectivity index (χ0v) is 10.6. The highest BCUT2D eigenvalue weighted by molar-refractivity contribution is 5.79. The van der Waals surface area contributed by atoms with Gasteiger partial charge in [0.25, 0.3) is 0 Å². The van der Waals surface area contributed by atoms with Gasteiger partial charge in [0.2, 0.25) is 5.91 Å². The molecule has 2 rings (SSSR count). The maximum Gasteiger partial charge on any atom is 0.227 e. The van der Waals surface area contributed by atoms with Crippen LogP contribution in [-0.4, -0.2) is 37.0 Å². The van der Waals surface area contributed by atoms with Crippen molar-refractivity contribution < 1.29 is 4.79 Å². The summed E-state index contributed by atoms with van der Waals surface area (Å²) in [4.78, 5) is 14.1. The van der Waals surface area contributed by atoms with E-state index >= 15 is 0 Å². The second-order valence-electron chi connectivity index (χ2n) is 4.74. The van der Waals surface area contributed by atoms with Gasteiger partial charge in [-0.3, -0.25) is 4.79 Å². The van der Waals surface area contributed by atoms with Crippen LogP contribution in [0.2, 0.25) is 0 Å². The Kier molecular flexibility index (Phi) is 3.79. The molecule has 0 radical (unpaired) electrons. The topological polar surface area (TPSA) is 32.3 Å². The van der Waals surface area contributed by atoms with Crippen molar-refractivity contribution in [2.45, 2.75) is 20.3 Å². The lowest BCUT2D eigenvalue weighted by Gasteiger charge is -2.27. The number of carbonyl (C=O) groups is 1. The molecule has 0 aromatic heterocycles. The molecule has 1 amide bonds. The average Bonchev–Trinajstić information content (AvgIpc) is 2.35. The number of nitrogens with one attached hydrogen (secondary N) is 1. The molecule has 0 unspecified atom stereocenters. The molecule has 1 heterocycles. The van der Waals surface area contributed by atoms with Crippen molar-refractivity contribution in [2.24, 2.45) is 0 Å². The number of nitrogens with zero attached hydrogens (tertiary/aromatic N) is 1. The fourth-order valence-corrected chi connectivity index (χ4v) is 2.18. The van der Waals surface area contributed by atoms with Gasteiger partial charge >= 0.3 is 0 Å². The fourth-order valence-electron chi connectivity index (χ4n) is 2.18. The van der Waals surface area contributed by atoms with Crippen LogP contribution in [0.3, 0.4) is 0 Å². The van der Waals surface area contributed by atoms with Gasteiger partial charge in [0.15, 0.2) is 0 Å². The summed E-state index contributed by atoms with van der Waals surface area (Å²) >= 11 is 0. The minimum absolute atomic E-state index is 0.250. The normalized spacial score (nSPS) is 16.0. The molecule has 0 bridgehead atoms. The van der Waals surface area contributed by atoms with E-state index in [2.05, 4.69) is 37.4 Å². The summed E-state index contributed by atoms with van der Waals surface area (Å²) in [6, 6.07) is 6.30. The predicted octanol–water partition coefficient (Wildman–Crippen LogP) is 1.28. The van der Waals surface area contributed by atoms with Crippen LogP contribution in [0.25, 0.3) is 0 Å². The van der Waals surface area contributed by atoms with Crippen LogP contribution in [0.5, 0.6) is 0 Å². The monoisotopic (exact) mass is 232 g/mol. The summed E-state index contributed by atoms with van der Waals surface area (Å²) in [5.74, 6) is 0.250. The van der Waals surface area contributed by atoms with Crippen LogP contribution in [-0.2, 0) is 11.2 Å². The first kappa shape index (κ1) is 12.1. The van der Waals surface area contributed by atoms with Gasteiger partial charge in [-0.1, -0.05) is 23.8 Å². The summed E-state index contributed by atoms with van der Waals surface area (Å²) in [5.41, 5.74) is 3.59. The minimum atomic E-state index is 0.250. The van der Waals surface area contributed by atoms with Crippen molar-refractivity contribution >= 4 is 5.91 Å². The van der Waals surface area contributed by atoms with E-state index in [9.17, 15) is 4.79 Å². The van der Waals surface area contributed by atoms with Crippen LogP contribution >= 0.6 is 0 Å². The number of piperazine rings is 1. The number of carbonyl (C=O) groups excluding carboxylic acids is 1. The number of aryl methyl sites for hydroxylation is 2. The maximum absolute atomic E-state index is 12.1. The second-order valence-corrected chi connectivity index (χ2v) is 4.74. The lowest BCUT2D eigenvalue weighted by molar-refractivity contribution is -0.131. The molecule has 0 atom stereocenters. The number of hydrogen-bond acceptors (Lipinski definition) is 2. The van der Waals surface area contributed by atoms with Gasteiger partial charge in [-0.25, -0.2) is 0 Å². The van der Waals surface area contributed by atoms with Gasteiger partial charge in [-0.05, 0) is 25.0 Å². The molecule has 3 heteroatoms. The Bertz CT molecular complexity index is 409. The fraction of sp³-hybridized carbons (Fsp3) is 0.500. The van der Waals surface area contributed by atoms with Crippen LogP contribution < -0.4 is 5.32 Å². The molecule has 1 aromatic carbocycles. The van der Waals surface area contributed by atoms with E-state index in [0.717, 1.165) is 31.7 Å². The Morgan fingerprint density at radius 3 is 2.71 bits per heavy atom. The van der Waals surface area contributed by atoms with Gasteiger partial charge < -0.3 is 10.2 Å². The third kappa shape index (κ3) is 3.07. The highest BCUT2D eigenvalue weighted by Gasteiger charge is 2.16. The molecule has 1 fully saturated rings. The molecule has 17 heavy (non-hydrogen) atoms. The molecule has 1 saturated heterocycles. The first-order valence-electron chi connectivity index (χ1n) is 6.21. The van der Waals surface area contributed by atoms with Crippen molar-refractivity contribution in [3.8, 4) is 0 Å². The molecule has 0 spiro atoms. The standard InChI is InChI=1S/C14H20N2O/c1-11-3-4-12(2)13(9-11)10-14(17)16-7-5-15-6-8-16/h3-4,9,15H,5-8,10H2,1-2H3. The largest absolute Gasteiger partial charge is 0.340 e. The summed E-state index contributed by atoms with van der Waals surface area (Å²) in [6.45, 7) is 7.64. The quantitative estimate of drug-likeness (QED) is 0.833. The highest BCUT2D eigenvalue weighted by atomic mass is 16.2. The van der Waals surface area contributed by atoms with Crippen LogP contribution in [0.15, 0.2) is 18.2 Å². The number of hydrogen-bond donors (Lipinski definition) is 1. The Morgan fingerprint density at radius 1 is 1.29 bits per heavy atom. The molecular weight excluding hydrogens is 212 g/mol. The summed E-state index contributed by atoms with van der Waals surface area (Å²) in [5, 5.41) is 3.26. The molecule has 1 N–H and O–H groups in total. The zero-order valence-electron chi connectivity index (χ0n) is 10.6. The van der Waals surface area contributed by atoms with Crippen LogP contribution in [0, 0.1) is 13.8 Å². The van der Waals surface area contributed by atoms with E-state index in [0.29, 0.717) is 6.42 Å². The van der Waals surface area contributed by atoms with Gasteiger partial charge in [-0.15, -0.1) is 0 Å². The SMILES string of the molecule is Cc1ccc(C)c(CC(=O)N2CCNCC2)c1. The third-order valence-corrected chi connectivity index (χ3v) is 3.32. The first-order chi connectivity index (χ1) is 8.16. The van der Waals surface area contributed by atoms with Crippen molar-refractivity contribution in [1.82, 2.24) is 10.2 Å². The minimum Gasteiger partial charge on any atom is -0.340 e. The van der Waals surface area contributed by atoms with E-state index in [1.807, 2.05) is 4.90 Å². The zero-order chi connectivity index (χ0) is 12.3. The molecule has 1 aliphatic heterocycles. The summed E-state index contributed by atoms with van der Waals surface area (Å²) in [7, 11) is 0. The number of benzene rings is 1. The number of amides is 1. The third-order valence-electron chi connectivity index (χ3n) is 3.32. The van der Waals surface area contributed by atoms with Crippen molar-refractivity contribution in [1.29, 1.82) is 0 Å². The second kappa shape index (κ2) is 5.32. The van der Waals surface area contributed by atoms with Crippen LogP contribution in [0.4, 0.5) is 0 Å². The Morgan fingerprint density at radius 2 is 2.00 bits per heavy atom. The van der Waals surface area contributed by atoms with E-state index in [1.165, 1.54) is 11.1 Å². The highest BCUT2D eigenvalue weighted by Crippen LogP contribution is 2.12. The maximum atomic E-state index is 12.1. The molecule has 0 saturated carbocycles. The Balaban J connectivity index is 2.04. The van der Waals surface area contributed by atoms with Crippen molar-refractivity contribution in [2.75, 3.05) is 26.2 Å². The summed E-state index contributed by atoms with van der Waals surface area (Å²) in [6.07, 6.45) is 0.535.